The first-order valence-electron chi connectivity index (χ1n) is 5.18. The average molecular weight is 245 g/mol. The zero-order valence-electron chi connectivity index (χ0n) is 10.9. The molecule has 0 aromatic heterocycles. The van der Waals surface area contributed by atoms with Gasteiger partial charge in [0.05, 0.1) is 0 Å². The highest BCUT2D eigenvalue weighted by Gasteiger charge is 2.34. The number of aliphatic carboxylic acids is 1. The van der Waals surface area contributed by atoms with Crippen LogP contribution in [0.2, 0.25) is 39.3 Å². The van der Waals surface area contributed by atoms with Crippen LogP contribution in [-0.2, 0) is 4.79 Å². The van der Waals surface area contributed by atoms with Crippen LogP contribution in [0.5, 0.6) is 0 Å². The lowest BCUT2D eigenvalue weighted by Crippen LogP contribution is -2.57. The first-order valence-corrected chi connectivity index (χ1v) is 12.1. The van der Waals surface area contributed by atoms with Gasteiger partial charge in [0, 0.05) is 11.8 Å². The van der Waals surface area contributed by atoms with E-state index in [9.17, 15) is 4.79 Å². The molecule has 15 heavy (non-hydrogen) atoms. The molecule has 0 radical (unpaired) electrons. The van der Waals surface area contributed by atoms with E-state index in [0.29, 0.717) is 0 Å². The number of carboxylic acid groups (broad SMARTS) is 1. The van der Waals surface area contributed by atoms with Crippen molar-refractivity contribution in [1.82, 2.24) is 4.23 Å². The van der Waals surface area contributed by atoms with Crippen molar-refractivity contribution in [3.8, 4) is 0 Å². The highest BCUT2D eigenvalue weighted by molar-refractivity contribution is 6.90. The molecule has 0 aliphatic rings. The van der Waals surface area contributed by atoms with Crippen molar-refractivity contribution in [2.45, 2.75) is 46.2 Å². The van der Waals surface area contributed by atoms with Crippen molar-refractivity contribution in [2.75, 3.05) is 0 Å². The van der Waals surface area contributed by atoms with Crippen LogP contribution in [0.3, 0.4) is 0 Å². The molecule has 0 unspecified atom stereocenters. The Labute approximate surface area is 95.0 Å². The number of hydrogen-bond acceptors (Lipinski definition) is 2. The second-order valence-corrected chi connectivity index (χ2v) is 15.8. The summed E-state index contributed by atoms with van der Waals surface area (Å²) in [7, 11) is -2.98. The number of rotatable bonds is 4. The van der Waals surface area contributed by atoms with E-state index in [1.165, 1.54) is 6.08 Å². The van der Waals surface area contributed by atoms with Crippen molar-refractivity contribution in [3.63, 3.8) is 0 Å². The first-order chi connectivity index (χ1) is 6.46. The molecule has 0 amide bonds. The van der Waals surface area contributed by atoms with Crippen molar-refractivity contribution >= 4 is 22.4 Å². The van der Waals surface area contributed by atoms with Gasteiger partial charge in [-0.3, -0.25) is 0 Å². The Kier molecular flexibility index (Phi) is 4.36. The Morgan fingerprint density at radius 3 is 1.60 bits per heavy atom. The van der Waals surface area contributed by atoms with E-state index in [4.69, 9.17) is 5.11 Å². The fourth-order valence-electron chi connectivity index (χ4n) is 2.31. The van der Waals surface area contributed by atoms with Gasteiger partial charge in [-0.1, -0.05) is 39.3 Å². The van der Waals surface area contributed by atoms with E-state index in [1.54, 1.807) is 0 Å². The molecule has 0 aliphatic carbocycles. The first kappa shape index (κ1) is 14.4. The van der Waals surface area contributed by atoms with E-state index in [2.05, 4.69) is 43.5 Å². The van der Waals surface area contributed by atoms with Gasteiger partial charge in [-0.2, -0.15) is 0 Å². The molecule has 0 atom stereocenters. The van der Waals surface area contributed by atoms with Gasteiger partial charge in [0.15, 0.2) is 0 Å². The van der Waals surface area contributed by atoms with Gasteiger partial charge in [-0.25, -0.2) is 4.79 Å². The fourth-order valence-corrected chi connectivity index (χ4v) is 12.6. The van der Waals surface area contributed by atoms with Crippen LogP contribution >= 0.6 is 0 Å². The lowest BCUT2D eigenvalue weighted by atomic mass is 10.4. The molecule has 0 aromatic carbocycles. The molecule has 0 heterocycles. The second-order valence-electron chi connectivity index (χ2n) is 5.80. The molecule has 0 aromatic rings. The zero-order valence-corrected chi connectivity index (χ0v) is 12.9. The highest BCUT2D eigenvalue weighted by Crippen LogP contribution is 2.24. The van der Waals surface area contributed by atoms with Crippen molar-refractivity contribution in [3.05, 3.63) is 11.8 Å². The van der Waals surface area contributed by atoms with Crippen LogP contribution in [0.4, 0.5) is 0 Å². The summed E-state index contributed by atoms with van der Waals surface area (Å²) in [5.41, 5.74) is 0.904. The Balaban J connectivity index is 5.24. The molecule has 3 nitrogen and oxygen atoms in total. The molecule has 5 heteroatoms. The summed E-state index contributed by atoms with van der Waals surface area (Å²) in [6.07, 6.45) is 1.33. The average Bonchev–Trinajstić information content (AvgIpc) is 1.74. The van der Waals surface area contributed by atoms with Gasteiger partial charge < -0.3 is 9.34 Å². The van der Waals surface area contributed by atoms with Gasteiger partial charge in [-0.05, 0) is 6.92 Å². The summed E-state index contributed by atoms with van der Waals surface area (Å²) < 4.78 is 2.40. The molecule has 0 bridgehead atoms. The maximum absolute atomic E-state index is 10.7. The molecular weight excluding hydrogens is 222 g/mol. The number of carboxylic acids is 1. The fraction of sp³-hybridized carbons (Fsp3) is 0.700. The quantitative estimate of drug-likeness (QED) is 0.611. The third-order valence-corrected chi connectivity index (χ3v) is 9.44. The molecule has 0 fully saturated rings. The Bertz CT molecular complexity index is 260. The smallest absolute Gasteiger partial charge is 0.329 e. The SMILES string of the molecule is C/C(=C/C(=O)O)N([Si](C)(C)C)[Si](C)(C)C. The summed E-state index contributed by atoms with van der Waals surface area (Å²) in [5, 5.41) is 8.79. The van der Waals surface area contributed by atoms with Crippen LogP contribution in [0.1, 0.15) is 6.92 Å². The lowest BCUT2D eigenvalue weighted by Gasteiger charge is -2.46. The van der Waals surface area contributed by atoms with E-state index in [0.717, 1.165) is 5.70 Å². The Morgan fingerprint density at radius 2 is 1.40 bits per heavy atom. The maximum Gasteiger partial charge on any atom is 0.329 e. The lowest BCUT2D eigenvalue weighted by molar-refractivity contribution is -0.131. The molecular formula is C10H23NO2Si2. The third-order valence-electron chi connectivity index (χ3n) is 2.03. The number of allylic oxidation sites excluding steroid dienone is 1. The van der Waals surface area contributed by atoms with Crippen LogP contribution in [-0.4, -0.2) is 31.8 Å². The van der Waals surface area contributed by atoms with E-state index in [1.807, 2.05) is 6.92 Å². The predicted molar refractivity (Wildman–Crippen MR) is 69.9 cm³/mol. The van der Waals surface area contributed by atoms with E-state index < -0.39 is 22.4 Å². The number of carbonyl (C=O) groups is 1. The molecule has 1 N–H and O–H groups in total. The van der Waals surface area contributed by atoms with Crippen molar-refractivity contribution < 1.29 is 9.90 Å². The van der Waals surface area contributed by atoms with Gasteiger partial charge in [0.1, 0.15) is 16.5 Å². The third kappa shape index (κ3) is 4.66. The zero-order chi connectivity index (χ0) is 12.4. The van der Waals surface area contributed by atoms with E-state index in [-0.39, 0.29) is 0 Å². The summed E-state index contributed by atoms with van der Waals surface area (Å²) in [5.74, 6) is -0.853. The second kappa shape index (κ2) is 4.53. The van der Waals surface area contributed by atoms with E-state index >= 15 is 0 Å². The highest BCUT2D eigenvalue weighted by atomic mass is 28.4. The molecule has 88 valence electrons. The number of hydrogen-bond donors (Lipinski definition) is 1. The topological polar surface area (TPSA) is 40.5 Å². The van der Waals surface area contributed by atoms with Gasteiger partial charge in [-0.15, -0.1) is 0 Å². The van der Waals surface area contributed by atoms with Gasteiger partial charge in [0.2, 0.25) is 0 Å². The maximum atomic E-state index is 10.7. The van der Waals surface area contributed by atoms with Crippen LogP contribution < -0.4 is 0 Å². The Morgan fingerprint density at radius 1 is 1.07 bits per heavy atom. The molecule has 0 saturated heterocycles. The molecule has 0 spiro atoms. The summed E-state index contributed by atoms with van der Waals surface area (Å²) >= 11 is 0. The Hall–Kier alpha value is -0.556. The normalized spacial score (nSPS) is 13.9. The van der Waals surface area contributed by atoms with Crippen LogP contribution in [0.25, 0.3) is 0 Å². The minimum absolute atomic E-state index is 0.853. The van der Waals surface area contributed by atoms with Crippen LogP contribution in [0, 0.1) is 0 Å². The van der Waals surface area contributed by atoms with Crippen LogP contribution in [0.15, 0.2) is 11.8 Å². The number of nitrogens with zero attached hydrogens (tertiary/aromatic N) is 1. The predicted octanol–water partition coefficient (Wildman–Crippen LogP) is 2.95. The largest absolute Gasteiger partial charge is 0.478 e. The minimum atomic E-state index is -1.49. The molecule has 0 saturated carbocycles. The van der Waals surface area contributed by atoms with Crippen molar-refractivity contribution in [2.24, 2.45) is 0 Å². The summed E-state index contributed by atoms with van der Waals surface area (Å²) in [6.45, 7) is 15.4. The molecule has 0 aliphatic heterocycles. The molecule has 0 rings (SSSR count). The van der Waals surface area contributed by atoms with Gasteiger partial charge >= 0.3 is 5.97 Å². The van der Waals surface area contributed by atoms with Crippen molar-refractivity contribution in [1.29, 1.82) is 0 Å². The summed E-state index contributed by atoms with van der Waals surface area (Å²) in [6, 6.07) is 0. The minimum Gasteiger partial charge on any atom is -0.478 e. The monoisotopic (exact) mass is 245 g/mol. The van der Waals surface area contributed by atoms with Gasteiger partial charge in [0.25, 0.3) is 0 Å². The standard InChI is InChI=1S/C10H23NO2Si2/c1-9(8-10(12)13)11(14(2,3)4)15(5,6)7/h8H,1-7H3,(H,12,13)/b9-8-. The summed E-state index contributed by atoms with van der Waals surface area (Å²) in [4.78, 5) is 10.7.